The van der Waals surface area contributed by atoms with Gasteiger partial charge >= 0.3 is 0 Å². The quantitative estimate of drug-likeness (QED) is 0.787. The molecule has 0 spiro atoms. The Morgan fingerprint density at radius 3 is 2.69 bits per heavy atom. The molecule has 0 saturated heterocycles. The first-order valence-corrected chi connectivity index (χ1v) is 4.38. The summed E-state index contributed by atoms with van der Waals surface area (Å²) in [6.45, 7) is 0. The average molecular weight is 223 g/mol. The molecule has 2 aromatic rings. The third kappa shape index (κ3) is 1.65. The molecule has 0 radical (unpaired) electrons. The number of hydrogen-bond donors (Lipinski definition) is 1. The lowest BCUT2D eigenvalue weighted by Gasteiger charge is -2.05. The van der Waals surface area contributed by atoms with Gasteiger partial charge in [0.05, 0.1) is 5.69 Å². The zero-order valence-corrected chi connectivity index (χ0v) is 8.02. The molecule has 16 heavy (non-hydrogen) atoms. The van der Waals surface area contributed by atoms with E-state index in [9.17, 15) is 13.6 Å². The minimum absolute atomic E-state index is 0.193. The van der Waals surface area contributed by atoms with Crippen LogP contribution in [0.1, 0.15) is 0 Å². The number of nitrogens with two attached hydrogens (primary N) is 1. The zero-order valence-electron chi connectivity index (χ0n) is 8.02. The molecule has 1 heterocycles. The molecule has 2 N–H and O–H groups in total. The van der Waals surface area contributed by atoms with Gasteiger partial charge in [-0.25, -0.2) is 13.8 Å². The lowest BCUT2D eigenvalue weighted by atomic mass is 10.3. The molecule has 4 nitrogen and oxygen atoms in total. The normalized spacial score (nSPS) is 10.4. The monoisotopic (exact) mass is 223 g/mol. The number of nitrogen functional groups attached to an aromatic ring is 1. The van der Waals surface area contributed by atoms with E-state index in [2.05, 4.69) is 4.98 Å². The van der Waals surface area contributed by atoms with Gasteiger partial charge < -0.3 is 5.73 Å². The number of hydrogen-bond acceptors (Lipinski definition) is 3. The average Bonchev–Trinajstić information content (AvgIpc) is 2.26. The first-order chi connectivity index (χ1) is 7.59. The smallest absolute Gasteiger partial charge is 0.297 e. The van der Waals surface area contributed by atoms with Crippen molar-refractivity contribution in [3.8, 4) is 5.69 Å². The van der Waals surface area contributed by atoms with Crippen molar-refractivity contribution < 1.29 is 8.78 Å². The van der Waals surface area contributed by atoms with Crippen LogP contribution in [-0.4, -0.2) is 9.55 Å². The fraction of sp³-hybridized carbons (Fsp3) is 0. The molecule has 1 aromatic carbocycles. The minimum Gasteiger partial charge on any atom is -0.379 e. The van der Waals surface area contributed by atoms with Crippen LogP contribution >= 0.6 is 0 Å². The second-order valence-corrected chi connectivity index (χ2v) is 3.09. The molecule has 0 aliphatic rings. The SMILES string of the molecule is Nc1nccn(-c2ccc(F)c(F)c2)c1=O. The third-order valence-electron chi connectivity index (χ3n) is 2.05. The predicted molar refractivity (Wildman–Crippen MR) is 54.2 cm³/mol. The molecular weight excluding hydrogens is 216 g/mol. The predicted octanol–water partition coefficient (Wildman–Crippen LogP) is 1.09. The lowest BCUT2D eigenvalue weighted by molar-refractivity contribution is 0.508. The first kappa shape index (κ1) is 10.3. The maximum atomic E-state index is 13.0. The summed E-state index contributed by atoms with van der Waals surface area (Å²) in [6.07, 6.45) is 2.63. The van der Waals surface area contributed by atoms with Gasteiger partial charge in [0.1, 0.15) is 0 Å². The largest absolute Gasteiger partial charge is 0.379 e. The Balaban J connectivity index is 2.64. The second-order valence-electron chi connectivity index (χ2n) is 3.09. The van der Waals surface area contributed by atoms with Gasteiger partial charge in [-0.1, -0.05) is 0 Å². The molecule has 1 aromatic heterocycles. The van der Waals surface area contributed by atoms with E-state index in [1.54, 1.807) is 0 Å². The Bertz CT molecular complexity index is 595. The number of rotatable bonds is 1. The van der Waals surface area contributed by atoms with Gasteiger partial charge in [-0.15, -0.1) is 0 Å². The molecule has 0 bridgehead atoms. The fourth-order valence-electron chi connectivity index (χ4n) is 1.26. The third-order valence-corrected chi connectivity index (χ3v) is 2.05. The molecule has 82 valence electrons. The first-order valence-electron chi connectivity index (χ1n) is 4.38. The van der Waals surface area contributed by atoms with Crippen molar-refractivity contribution in [2.45, 2.75) is 0 Å². The molecule has 0 unspecified atom stereocenters. The van der Waals surface area contributed by atoms with Gasteiger partial charge in [0.25, 0.3) is 5.56 Å². The maximum Gasteiger partial charge on any atom is 0.297 e. The summed E-state index contributed by atoms with van der Waals surface area (Å²) in [5.74, 6) is -2.20. The van der Waals surface area contributed by atoms with Crippen molar-refractivity contribution in [3.05, 3.63) is 52.6 Å². The molecule has 6 heteroatoms. The highest BCUT2D eigenvalue weighted by molar-refractivity contribution is 5.36. The van der Waals surface area contributed by atoms with Gasteiger partial charge in [-0.05, 0) is 12.1 Å². The van der Waals surface area contributed by atoms with Crippen LogP contribution in [-0.2, 0) is 0 Å². The molecule has 0 atom stereocenters. The van der Waals surface area contributed by atoms with Crippen molar-refractivity contribution in [2.75, 3.05) is 5.73 Å². The summed E-state index contributed by atoms with van der Waals surface area (Å²) in [7, 11) is 0. The Hall–Kier alpha value is -2.24. The fourth-order valence-corrected chi connectivity index (χ4v) is 1.26. The number of halogens is 2. The minimum atomic E-state index is -1.03. The molecule has 0 amide bonds. The van der Waals surface area contributed by atoms with Crippen molar-refractivity contribution in [1.29, 1.82) is 0 Å². The van der Waals surface area contributed by atoms with Crippen LogP contribution in [0.5, 0.6) is 0 Å². The van der Waals surface area contributed by atoms with E-state index in [-0.39, 0.29) is 11.5 Å². The Kier molecular flexibility index (Phi) is 2.40. The second kappa shape index (κ2) is 3.73. The summed E-state index contributed by atoms with van der Waals surface area (Å²) in [6, 6.07) is 3.13. The summed E-state index contributed by atoms with van der Waals surface area (Å²) >= 11 is 0. The summed E-state index contributed by atoms with van der Waals surface area (Å²) in [4.78, 5) is 15.1. The van der Waals surface area contributed by atoms with E-state index in [4.69, 9.17) is 5.73 Å². The van der Waals surface area contributed by atoms with E-state index in [0.29, 0.717) is 0 Å². The Labute approximate surface area is 89.0 Å². The van der Waals surface area contributed by atoms with Gasteiger partial charge in [0, 0.05) is 18.5 Å². The number of anilines is 1. The standard InChI is InChI=1S/C10H7F2N3O/c11-7-2-1-6(5-8(7)12)15-4-3-14-9(13)10(15)16/h1-5H,(H2,13,14). The van der Waals surface area contributed by atoms with E-state index in [1.807, 2.05) is 0 Å². The van der Waals surface area contributed by atoms with Crippen LogP contribution in [0.2, 0.25) is 0 Å². The van der Waals surface area contributed by atoms with Crippen LogP contribution in [0.3, 0.4) is 0 Å². The van der Waals surface area contributed by atoms with Crippen LogP contribution < -0.4 is 11.3 Å². The van der Waals surface area contributed by atoms with Crippen molar-refractivity contribution in [2.24, 2.45) is 0 Å². The summed E-state index contributed by atoms with van der Waals surface area (Å²) in [5.41, 5.74) is 4.93. The van der Waals surface area contributed by atoms with Crippen LogP contribution in [0.15, 0.2) is 35.4 Å². The van der Waals surface area contributed by atoms with E-state index >= 15 is 0 Å². The topological polar surface area (TPSA) is 60.9 Å². The number of aromatic nitrogens is 2. The van der Waals surface area contributed by atoms with Crippen molar-refractivity contribution in [3.63, 3.8) is 0 Å². The molecule has 0 saturated carbocycles. The molecule has 0 aliphatic carbocycles. The number of nitrogens with zero attached hydrogens (tertiary/aromatic N) is 2. The Morgan fingerprint density at radius 2 is 2.00 bits per heavy atom. The van der Waals surface area contributed by atoms with Gasteiger partial charge in [-0.2, -0.15) is 0 Å². The lowest BCUT2D eigenvalue weighted by Crippen LogP contribution is -2.22. The van der Waals surface area contributed by atoms with Crippen molar-refractivity contribution >= 4 is 5.82 Å². The van der Waals surface area contributed by atoms with Gasteiger partial charge in [0.15, 0.2) is 17.5 Å². The van der Waals surface area contributed by atoms with Crippen molar-refractivity contribution in [1.82, 2.24) is 9.55 Å². The van der Waals surface area contributed by atoms with Crippen LogP contribution in [0.25, 0.3) is 5.69 Å². The highest BCUT2D eigenvalue weighted by Gasteiger charge is 2.06. The summed E-state index contributed by atoms with van der Waals surface area (Å²) in [5, 5.41) is 0. The zero-order chi connectivity index (χ0) is 11.7. The molecular formula is C10H7F2N3O. The Morgan fingerprint density at radius 1 is 1.25 bits per heavy atom. The summed E-state index contributed by atoms with van der Waals surface area (Å²) < 4.78 is 26.7. The van der Waals surface area contributed by atoms with Gasteiger partial charge in [0.2, 0.25) is 0 Å². The highest BCUT2D eigenvalue weighted by atomic mass is 19.2. The number of benzene rings is 1. The maximum absolute atomic E-state index is 13.0. The van der Waals surface area contributed by atoms with E-state index in [1.165, 1.54) is 18.5 Å². The van der Waals surface area contributed by atoms with E-state index < -0.39 is 17.2 Å². The molecule has 0 fully saturated rings. The molecule has 0 aliphatic heterocycles. The van der Waals surface area contributed by atoms with Crippen LogP contribution in [0.4, 0.5) is 14.6 Å². The van der Waals surface area contributed by atoms with Gasteiger partial charge in [-0.3, -0.25) is 9.36 Å². The molecule has 2 rings (SSSR count). The van der Waals surface area contributed by atoms with Crippen LogP contribution in [0, 0.1) is 11.6 Å². The van der Waals surface area contributed by atoms with E-state index in [0.717, 1.165) is 16.7 Å². The highest BCUT2D eigenvalue weighted by Crippen LogP contribution is 2.11.